The molecule has 0 spiro atoms. The second kappa shape index (κ2) is 7.43. The number of hydrogen-bond donors (Lipinski definition) is 0. The number of hydrogen-bond acceptors (Lipinski definition) is 4. The first-order valence-corrected chi connectivity index (χ1v) is 9.20. The van der Waals surface area contributed by atoms with Crippen LogP contribution < -0.4 is 0 Å². The van der Waals surface area contributed by atoms with E-state index in [1.807, 2.05) is 22.9 Å². The Bertz CT molecular complexity index is 821. The van der Waals surface area contributed by atoms with Gasteiger partial charge >= 0.3 is 0 Å². The Labute approximate surface area is 155 Å². The number of ketones is 1. The van der Waals surface area contributed by atoms with E-state index in [9.17, 15) is 4.79 Å². The first-order valence-electron chi connectivity index (χ1n) is 9.20. The van der Waals surface area contributed by atoms with E-state index in [2.05, 4.69) is 49.0 Å². The molecule has 1 aromatic carbocycles. The molecule has 0 saturated heterocycles. The lowest BCUT2D eigenvalue weighted by atomic mass is 9.86. The molecule has 0 N–H and O–H groups in total. The van der Waals surface area contributed by atoms with Crippen molar-refractivity contribution >= 4 is 5.78 Å². The van der Waals surface area contributed by atoms with Gasteiger partial charge in [-0.15, -0.1) is 0 Å². The van der Waals surface area contributed by atoms with Crippen LogP contribution in [0.15, 0.2) is 30.3 Å². The van der Waals surface area contributed by atoms with Gasteiger partial charge in [0.1, 0.15) is 6.07 Å². The molecule has 26 heavy (non-hydrogen) atoms. The van der Waals surface area contributed by atoms with Gasteiger partial charge in [-0.3, -0.25) is 14.4 Å². The maximum atomic E-state index is 12.4. The van der Waals surface area contributed by atoms with Crippen LogP contribution in [0.1, 0.15) is 60.9 Å². The molecule has 0 saturated carbocycles. The zero-order chi connectivity index (χ0) is 18.7. The summed E-state index contributed by atoms with van der Waals surface area (Å²) in [6, 6.07) is 12.0. The number of nitrogens with zero attached hydrogens (tertiary/aromatic N) is 4. The van der Waals surface area contributed by atoms with Crippen molar-refractivity contribution in [3.05, 3.63) is 52.8 Å². The highest BCUT2D eigenvalue weighted by molar-refractivity contribution is 5.96. The smallest absolute Gasteiger partial charge is 0.162 e. The van der Waals surface area contributed by atoms with Crippen molar-refractivity contribution in [2.75, 3.05) is 13.1 Å². The zero-order valence-electron chi connectivity index (χ0n) is 15.8. The van der Waals surface area contributed by atoms with Crippen LogP contribution in [-0.4, -0.2) is 33.6 Å². The van der Waals surface area contributed by atoms with E-state index < -0.39 is 0 Å². The lowest BCUT2D eigenvalue weighted by Gasteiger charge is -2.27. The van der Waals surface area contributed by atoms with Crippen LogP contribution >= 0.6 is 0 Å². The topological polar surface area (TPSA) is 61.9 Å². The Morgan fingerprint density at radius 1 is 1.23 bits per heavy atom. The number of aromatic nitrogens is 2. The van der Waals surface area contributed by atoms with Crippen molar-refractivity contribution in [2.24, 2.45) is 0 Å². The SMILES string of the molecule is CC(C)(C)c1ccc(C(=O)CCCN2CCn3nc(C#N)cc3C2)cc1. The van der Waals surface area contributed by atoms with Crippen LogP contribution in [0.2, 0.25) is 0 Å². The van der Waals surface area contributed by atoms with Crippen LogP contribution in [0.3, 0.4) is 0 Å². The van der Waals surface area contributed by atoms with Crippen LogP contribution in [0, 0.1) is 11.3 Å². The van der Waals surface area contributed by atoms with Gasteiger partial charge in [-0.05, 0) is 30.0 Å². The first-order chi connectivity index (χ1) is 12.4. The number of nitriles is 1. The molecule has 2 aromatic rings. The van der Waals surface area contributed by atoms with E-state index in [1.165, 1.54) is 5.56 Å². The standard InChI is InChI=1S/C21H26N4O/c1-21(2,3)17-8-6-16(7-9-17)20(26)5-4-10-24-11-12-25-19(15-24)13-18(14-22)23-25/h6-9,13H,4-5,10-12,15H2,1-3H3. The highest BCUT2D eigenvalue weighted by Gasteiger charge is 2.19. The number of benzene rings is 1. The summed E-state index contributed by atoms with van der Waals surface area (Å²) in [5, 5.41) is 13.2. The molecule has 2 heterocycles. The zero-order valence-corrected chi connectivity index (χ0v) is 15.8. The molecule has 1 aliphatic rings. The molecule has 5 heteroatoms. The Morgan fingerprint density at radius 3 is 2.62 bits per heavy atom. The van der Waals surface area contributed by atoms with Gasteiger partial charge < -0.3 is 0 Å². The van der Waals surface area contributed by atoms with E-state index in [1.54, 1.807) is 0 Å². The van der Waals surface area contributed by atoms with Crippen LogP contribution in [0.25, 0.3) is 0 Å². The van der Waals surface area contributed by atoms with E-state index in [4.69, 9.17) is 5.26 Å². The van der Waals surface area contributed by atoms with Crippen LogP contribution in [-0.2, 0) is 18.5 Å². The molecule has 0 radical (unpaired) electrons. The number of fused-ring (bicyclic) bond motifs is 1. The number of Topliss-reactive ketones (excluding diaryl/α,β-unsaturated/α-hetero) is 1. The minimum atomic E-state index is 0.105. The fourth-order valence-corrected chi connectivity index (χ4v) is 3.33. The van der Waals surface area contributed by atoms with Crippen molar-refractivity contribution < 1.29 is 4.79 Å². The first kappa shape index (κ1) is 18.3. The van der Waals surface area contributed by atoms with E-state index in [0.717, 1.165) is 43.9 Å². The number of carbonyl (C=O) groups is 1. The van der Waals surface area contributed by atoms with Gasteiger partial charge in [-0.2, -0.15) is 10.4 Å². The van der Waals surface area contributed by atoms with Gasteiger partial charge in [0, 0.05) is 25.1 Å². The largest absolute Gasteiger partial charge is 0.296 e. The van der Waals surface area contributed by atoms with Gasteiger partial charge in [0.25, 0.3) is 0 Å². The predicted octanol–water partition coefficient (Wildman–Crippen LogP) is 3.53. The van der Waals surface area contributed by atoms with E-state index in [0.29, 0.717) is 12.1 Å². The van der Waals surface area contributed by atoms with Crippen LogP contribution in [0.5, 0.6) is 0 Å². The summed E-state index contributed by atoms with van der Waals surface area (Å²) in [6.45, 7) is 9.92. The predicted molar refractivity (Wildman–Crippen MR) is 101 cm³/mol. The fraction of sp³-hybridized carbons (Fsp3) is 0.476. The summed E-state index contributed by atoms with van der Waals surface area (Å²) in [5.74, 6) is 0.208. The quantitative estimate of drug-likeness (QED) is 0.774. The maximum Gasteiger partial charge on any atom is 0.162 e. The Hall–Kier alpha value is -2.45. The van der Waals surface area contributed by atoms with Gasteiger partial charge in [-0.1, -0.05) is 45.0 Å². The second-order valence-corrected chi connectivity index (χ2v) is 7.99. The number of rotatable bonds is 5. The third-order valence-electron chi connectivity index (χ3n) is 4.94. The lowest BCUT2D eigenvalue weighted by molar-refractivity contribution is 0.0972. The van der Waals surface area contributed by atoms with Gasteiger partial charge in [0.15, 0.2) is 11.5 Å². The molecule has 3 rings (SSSR count). The van der Waals surface area contributed by atoms with Crippen LogP contribution in [0.4, 0.5) is 0 Å². The Kier molecular flexibility index (Phi) is 5.24. The monoisotopic (exact) mass is 350 g/mol. The van der Waals surface area contributed by atoms with Gasteiger partial charge in [-0.25, -0.2) is 0 Å². The summed E-state index contributed by atoms with van der Waals surface area (Å²) < 4.78 is 1.91. The average Bonchev–Trinajstić information content (AvgIpc) is 3.03. The lowest BCUT2D eigenvalue weighted by Crippen LogP contribution is -2.34. The number of carbonyl (C=O) groups excluding carboxylic acids is 1. The third kappa shape index (κ3) is 4.20. The molecule has 0 bridgehead atoms. The molecule has 5 nitrogen and oxygen atoms in total. The summed E-state index contributed by atoms with van der Waals surface area (Å²) in [5.41, 5.74) is 3.71. The Balaban J connectivity index is 1.49. The minimum absolute atomic E-state index is 0.105. The highest BCUT2D eigenvalue weighted by atomic mass is 16.1. The third-order valence-corrected chi connectivity index (χ3v) is 4.94. The molecule has 136 valence electrons. The van der Waals surface area contributed by atoms with Crippen molar-refractivity contribution in [3.8, 4) is 6.07 Å². The summed E-state index contributed by atoms with van der Waals surface area (Å²) >= 11 is 0. The Morgan fingerprint density at radius 2 is 1.96 bits per heavy atom. The second-order valence-electron chi connectivity index (χ2n) is 7.99. The van der Waals surface area contributed by atoms with Crippen molar-refractivity contribution in [1.82, 2.24) is 14.7 Å². The molecular weight excluding hydrogens is 324 g/mol. The van der Waals surface area contributed by atoms with Gasteiger partial charge in [0.05, 0.1) is 12.2 Å². The van der Waals surface area contributed by atoms with Crippen molar-refractivity contribution in [1.29, 1.82) is 5.26 Å². The van der Waals surface area contributed by atoms with Crippen molar-refractivity contribution in [2.45, 2.75) is 52.1 Å². The molecule has 0 atom stereocenters. The fourth-order valence-electron chi connectivity index (χ4n) is 3.33. The molecule has 0 fully saturated rings. The molecule has 1 aliphatic heterocycles. The minimum Gasteiger partial charge on any atom is -0.296 e. The summed E-state index contributed by atoms with van der Waals surface area (Å²) in [6.07, 6.45) is 1.41. The van der Waals surface area contributed by atoms with Crippen molar-refractivity contribution in [3.63, 3.8) is 0 Å². The van der Waals surface area contributed by atoms with E-state index in [-0.39, 0.29) is 11.2 Å². The molecule has 0 aliphatic carbocycles. The highest BCUT2D eigenvalue weighted by Crippen LogP contribution is 2.22. The molecular formula is C21H26N4O. The maximum absolute atomic E-state index is 12.4. The normalized spacial score (nSPS) is 14.7. The summed E-state index contributed by atoms with van der Waals surface area (Å²) in [4.78, 5) is 14.7. The average molecular weight is 350 g/mol. The summed E-state index contributed by atoms with van der Waals surface area (Å²) in [7, 11) is 0. The molecule has 0 amide bonds. The van der Waals surface area contributed by atoms with Gasteiger partial charge in [0.2, 0.25) is 0 Å². The molecule has 1 aromatic heterocycles. The van der Waals surface area contributed by atoms with E-state index >= 15 is 0 Å². The molecule has 0 unspecified atom stereocenters.